The van der Waals surface area contributed by atoms with Crippen molar-refractivity contribution in [3.8, 4) is 5.82 Å². The van der Waals surface area contributed by atoms with Gasteiger partial charge in [0, 0.05) is 28.8 Å². The molecule has 6 nitrogen and oxygen atoms in total. The second-order valence-electron chi connectivity index (χ2n) is 6.55. The van der Waals surface area contributed by atoms with Crippen LogP contribution in [0.25, 0.3) is 5.82 Å². The molecule has 0 amide bonds. The first kappa shape index (κ1) is 19.8. The quantitative estimate of drug-likeness (QED) is 0.366. The fourth-order valence-corrected chi connectivity index (χ4v) is 3.56. The maximum Gasteiger partial charge on any atom is 0.342 e. The Kier molecular flexibility index (Phi) is 5.61. The third-order valence-electron chi connectivity index (χ3n) is 4.45. The fraction of sp³-hybridized carbons (Fsp3) is 0.238. The Balaban J connectivity index is 1.79. The van der Waals surface area contributed by atoms with Crippen LogP contribution >= 0.6 is 11.6 Å². The second kappa shape index (κ2) is 7.94. The number of carbonyl (C=O) groups is 2. The van der Waals surface area contributed by atoms with Gasteiger partial charge in [0.2, 0.25) is 5.78 Å². The van der Waals surface area contributed by atoms with Gasteiger partial charge in [-0.2, -0.15) is 0 Å². The van der Waals surface area contributed by atoms with Crippen molar-refractivity contribution >= 4 is 23.4 Å². The van der Waals surface area contributed by atoms with Crippen LogP contribution in [0.3, 0.4) is 0 Å². The van der Waals surface area contributed by atoms with Crippen molar-refractivity contribution in [3.05, 3.63) is 75.5 Å². The number of aromatic nitrogens is 3. The van der Waals surface area contributed by atoms with E-state index in [-0.39, 0.29) is 23.1 Å². The number of nitrogens with zero attached hydrogens (tertiary/aromatic N) is 3. The van der Waals surface area contributed by atoms with Crippen molar-refractivity contribution in [2.24, 2.45) is 0 Å². The van der Waals surface area contributed by atoms with Crippen molar-refractivity contribution in [1.29, 1.82) is 0 Å². The number of ketones is 1. The summed E-state index contributed by atoms with van der Waals surface area (Å²) in [7, 11) is 0. The highest BCUT2D eigenvalue weighted by Crippen LogP contribution is 2.22. The van der Waals surface area contributed by atoms with Gasteiger partial charge < -0.3 is 9.30 Å². The highest BCUT2D eigenvalue weighted by Gasteiger charge is 2.21. The van der Waals surface area contributed by atoms with Crippen molar-refractivity contribution < 1.29 is 14.3 Å². The maximum atomic E-state index is 12.7. The summed E-state index contributed by atoms with van der Waals surface area (Å²) in [6, 6.07) is 9.09. The topological polar surface area (TPSA) is 74.1 Å². The molecule has 0 atom stereocenters. The zero-order valence-corrected chi connectivity index (χ0v) is 16.9. The molecule has 0 fully saturated rings. The van der Waals surface area contributed by atoms with Crippen LogP contribution in [0, 0.1) is 27.7 Å². The fourth-order valence-electron chi connectivity index (χ4n) is 3.20. The molecule has 144 valence electrons. The number of rotatable bonds is 5. The van der Waals surface area contributed by atoms with E-state index in [0.29, 0.717) is 16.8 Å². The molecule has 0 N–H and O–H groups in total. The molecule has 3 rings (SSSR count). The Morgan fingerprint density at radius 3 is 2.54 bits per heavy atom. The van der Waals surface area contributed by atoms with Gasteiger partial charge in [-0.15, -0.1) is 0 Å². The van der Waals surface area contributed by atoms with Crippen molar-refractivity contribution in [2.45, 2.75) is 27.7 Å². The summed E-state index contributed by atoms with van der Waals surface area (Å²) in [5, 5.41) is 0.0725. The number of aryl methyl sites for hydroxylation is 3. The van der Waals surface area contributed by atoms with E-state index in [1.54, 1.807) is 32.2 Å². The average molecular weight is 398 g/mol. The number of hydrogen-bond acceptors (Lipinski definition) is 5. The lowest BCUT2D eigenvalue weighted by Crippen LogP contribution is -2.16. The molecule has 0 aliphatic heterocycles. The Morgan fingerprint density at radius 2 is 1.89 bits per heavy atom. The van der Waals surface area contributed by atoms with Crippen LogP contribution in [0.4, 0.5) is 0 Å². The van der Waals surface area contributed by atoms with Gasteiger partial charge in [-0.25, -0.2) is 14.8 Å². The number of pyridine rings is 2. The number of esters is 1. The minimum absolute atomic E-state index is 0.0725. The number of halogens is 1. The highest BCUT2D eigenvalue weighted by molar-refractivity contribution is 6.32. The molecule has 0 spiro atoms. The lowest BCUT2D eigenvalue weighted by atomic mass is 10.1. The lowest BCUT2D eigenvalue weighted by molar-refractivity contribution is 0.0473. The van der Waals surface area contributed by atoms with Crippen LogP contribution in [0.2, 0.25) is 5.15 Å². The molecular formula is C21H20ClN3O3. The molecule has 0 unspecified atom stereocenters. The molecule has 0 bridgehead atoms. The summed E-state index contributed by atoms with van der Waals surface area (Å²) in [6.07, 6.45) is 1.69. The lowest BCUT2D eigenvalue weighted by Gasteiger charge is -2.10. The maximum absolute atomic E-state index is 12.7. The van der Waals surface area contributed by atoms with E-state index in [0.717, 1.165) is 17.2 Å². The second-order valence-corrected chi connectivity index (χ2v) is 6.91. The summed E-state index contributed by atoms with van der Waals surface area (Å²) in [5.74, 6) is -0.235. The van der Waals surface area contributed by atoms with Gasteiger partial charge >= 0.3 is 5.97 Å². The minimum Gasteiger partial charge on any atom is -0.454 e. The minimum atomic E-state index is -0.665. The molecule has 0 aliphatic rings. The van der Waals surface area contributed by atoms with Gasteiger partial charge in [-0.1, -0.05) is 17.7 Å². The predicted octanol–water partition coefficient (Wildman–Crippen LogP) is 4.19. The van der Waals surface area contributed by atoms with E-state index >= 15 is 0 Å². The summed E-state index contributed by atoms with van der Waals surface area (Å²) in [4.78, 5) is 33.5. The van der Waals surface area contributed by atoms with Gasteiger partial charge in [0.05, 0.1) is 5.56 Å². The third kappa shape index (κ3) is 3.82. The summed E-state index contributed by atoms with van der Waals surface area (Å²) >= 11 is 6.07. The van der Waals surface area contributed by atoms with E-state index in [1.807, 2.05) is 36.6 Å². The highest BCUT2D eigenvalue weighted by atomic mass is 35.5. The van der Waals surface area contributed by atoms with Gasteiger partial charge in [-0.3, -0.25) is 4.79 Å². The molecule has 0 radical (unpaired) electrons. The van der Waals surface area contributed by atoms with E-state index in [2.05, 4.69) is 9.97 Å². The molecule has 28 heavy (non-hydrogen) atoms. The van der Waals surface area contributed by atoms with E-state index < -0.39 is 5.97 Å². The van der Waals surface area contributed by atoms with Gasteiger partial charge in [0.15, 0.2) is 6.61 Å². The van der Waals surface area contributed by atoms with Crippen molar-refractivity contribution in [1.82, 2.24) is 14.5 Å². The summed E-state index contributed by atoms with van der Waals surface area (Å²) in [5.41, 5.74) is 3.64. The van der Waals surface area contributed by atoms with Gasteiger partial charge in [-0.05, 0) is 57.5 Å². The zero-order chi connectivity index (χ0) is 20.4. The van der Waals surface area contributed by atoms with Crippen LogP contribution in [0.1, 0.15) is 43.4 Å². The smallest absolute Gasteiger partial charge is 0.342 e. The molecule has 0 aliphatic carbocycles. The summed E-state index contributed by atoms with van der Waals surface area (Å²) in [6.45, 7) is 6.89. The molecule has 3 aromatic rings. The molecule has 7 heteroatoms. The van der Waals surface area contributed by atoms with E-state index in [1.165, 1.54) is 0 Å². The Morgan fingerprint density at radius 1 is 1.14 bits per heavy atom. The monoisotopic (exact) mass is 397 g/mol. The first-order valence-corrected chi connectivity index (χ1v) is 9.11. The Labute approximate surface area is 168 Å². The first-order valence-electron chi connectivity index (χ1n) is 8.74. The van der Waals surface area contributed by atoms with Crippen molar-refractivity contribution in [3.63, 3.8) is 0 Å². The Hall–Kier alpha value is -2.99. The van der Waals surface area contributed by atoms with Crippen LogP contribution < -0.4 is 0 Å². The molecule has 3 aromatic heterocycles. The van der Waals surface area contributed by atoms with Crippen LogP contribution in [-0.4, -0.2) is 32.9 Å². The summed E-state index contributed by atoms with van der Waals surface area (Å²) < 4.78 is 7.11. The zero-order valence-electron chi connectivity index (χ0n) is 16.1. The molecule has 3 heterocycles. The SMILES string of the molecule is Cc1cc(C)c(C(=O)OCC(=O)c2cc(C)n(-c3ccccn3)c2C)c(Cl)n1. The average Bonchev–Trinajstić information content (AvgIpc) is 2.94. The third-order valence-corrected chi connectivity index (χ3v) is 4.72. The Bertz CT molecular complexity index is 1040. The van der Waals surface area contributed by atoms with Crippen LogP contribution in [-0.2, 0) is 4.74 Å². The predicted molar refractivity (Wildman–Crippen MR) is 106 cm³/mol. The van der Waals surface area contributed by atoms with Crippen molar-refractivity contribution in [2.75, 3.05) is 6.61 Å². The van der Waals surface area contributed by atoms with E-state index in [4.69, 9.17) is 16.3 Å². The number of ether oxygens (including phenoxy) is 1. The normalized spacial score (nSPS) is 10.8. The number of Topliss-reactive ketones (excluding diaryl/α,β-unsaturated/α-hetero) is 1. The van der Waals surface area contributed by atoms with Gasteiger partial charge in [0.1, 0.15) is 11.0 Å². The molecular weight excluding hydrogens is 378 g/mol. The van der Waals surface area contributed by atoms with Crippen LogP contribution in [0.15, 0.2) is 36.5 Å². The largest absolute Gasteiger partial charge is 0.454 e. The molecule has 0 saturated carbocycles. The van der Waals surface area contributed by atoms with Crippen LogP contribution in [0.5, 0.6) is 0 Å². The van der Waals surface area contributed by atoms with Gasteiger partial charge in [0.25, 0.3) is 0 Å². The number of hydrogen-bond donors (Lipinski definition) is 0. The molecule has 0 saturated heterocycles. The van der Waals surface area contributed by atoms with E-state index in [9.17, 15) is 9.59 Å². The first-order chi connectivity index (χ1) is 13.3. The molecule has 0 aromatic carbocycles. The standard InChI is InChI=1S/C21H20ClN3O3/c1-12-9-13(2)24-20(22)19(12)21(27)28-11-17(26)16-10-14(3)25(15(16)4)18-7-5-6-8-23-18/h5-10H,11H2,1-4H3. The number of carbonyl (C=O) groups excluding carboxylic acids is 2.